The molecule has 104 valence electrons. The van der Waals surface area contributed by atoms with Gasteiger partial charge in [0, 0.05) is 19.2 Å². The molecule has 0 radical (unpaired) electrons. The first-order valence-corrected chi connectivity index (χ1v) is 6.51. The normalized spacial score (nSPS) is 14.9. The lowest BCUT2D eigenvalue weighted by Gasteiger charge is -2.29. The fraction of sp³-hybridized carbons (Fsp3) is 0.462. The second-order valence-electron chi connectivity index (χ2n) is 4.10. The Kier molecular flexibility index (Phi) is 4.81. The molecule has 2 rings (SSSR count). The Morgan fingerprint density at radius 1 is 1.26 bits per heavy atom. The predicted molar refractivity (Wildman–Crippen MR) is 78.2 cm³/mol. The summed E-state index contributed by atoms with van der Waals surface area (Å²) in [4.78, 5) is 2.08. The smallest absolute Gasteiger partial charge is 0.173 e. The number of hydrogen-bond acceptors (Lipinski definition) is 4. The second kappa shape index (κ2) is 6.58. The van der Waals surface area contributed by atoms with Crippen LogP contribution < -0.4 is 14.8 Å². The molecule has 0 aliphatic carbocycles. The number of benzene rings is 1. The Bertz CT molecular complexity index is 448. The molecular weight excluding hydrogens is 264 g/mol. The highest BCUT2D eigenvalue weighted by Crippen LogP contribution is 2.29. The van der Waals surface area contributed by atoms with Crippen molar-refractivity contribution in [3.05, 3.63) is 18.2 Å². The van der Waals surface area contributed by atoms with E-state index in [2.05, 4.69) is 10.2 Å². The van der Waals surface area contributed by atoms with Crippen LogP contribution in [-0.2, 0) is 4.74 Å². The molecule has 1 N–H and O–H groups in total. The van der Waals surface area contributed by atoms with E-state index in [1.807, 2.05) is 18.2 Å². The molecule has 0 saturated carbocycles. The maximum atomic E-state index is 5.41. The molecule has 0 amide bonds. The molecule has 5 nitrogen and oxygen atoms in total. The molecule has 1 aliphatic heterocycles. The molecule has 0 atom stereocenters. The van der Waals surface area contributed by atoms with Gasteiger partial charge < -0.3 is 24.4 Å². The zero-order valence-electron chi connectivity index (χ0n) is 11.1. The summed E-state index contributed by atoms with van der Waals surface area (Å²) in [5.41, 5.74) is 0.804. The molecule has 0 aromatic heterocycles. The summed E-state index contributed by atoms with van der Waals surface area (Å²) in [6, 6.07) is 5.57. The number of anilines is 1. The van der Waals surface area contributed by atoms with E-state index in [1.165, 1.54) is 0 Å². The monoisotopic (exact) mass is 282 g/mol. The van der Waals surface area contributed by atoms with E-state index < -0.39 is 0 Å². The number of nitrogens with zero attached hydrogens (tertiary/aromatic N) is 1. The van der Waals surface area contributed by atoms with E-state index in [4.69, 9.17) is 26.4 Å². The molecule has 19 heavy (non-hydrogen) atoms. The highest BCUT2D eigenvalue weighted by atomic mass is 32.1. The van der Waals surface area contributed by atoms with Crippen LogP contribution in [0.4, 0.5) is 5.69 Å². The molecule has 0 unspecified atom stereocenters. The Morgan fingerprint density at radius 3 is 2.63 bits per heavy atom. The number of morpholine rings is 1. The van der Waals surface area contributed by atoms with Crippen LogP contribution in [0.2, 0.25) is 0 Å². The van der Waals surface area contributed by atoms with Gasteiger partial charge in [-0.2, -0.15) is 0 Å². The maximum Gasteiger partial charge on any atom is 0.173 e. The minimum Gasteiger partial charge on any atom is -0.497 e. The van der Waals surface area contributed by atoms with Crippen LogP contribution >= 0.6 is 12.2 Å². The summed E-state index contributed by atoms with van der Waals surface area (Å²) in [5, 5.41) is 3.88. The number of methoxy groups -OCH3 is 2. The second-order valence-corrected chi connectivity index (χ2v) is 4.48. The van der Waals surface area contributed by atoms with Gasteiger partial charge in [0.15, 0.2) is 5.11 Å². The van der Waals surface area contributed by atoms with Crippen molar-refractivity contribution in [1.29, 1.82) is 0 Å². The minimum absolute atomic E-state index is 0.676. The van der Waals surface area contributed by atoms with Gasteiger partial charge in [-0.1, -0.05) is 0 Å². The van der Waals surface area contributed by atoms with Gasteiger partial charge in [0.05, 0.1) is 33.1 Å². The van der Waals surface area contributed by atoms with E-state index in [-0.39, 0.29) is 0 Å². The molecule has 1 aromatic carbocycles. The van der Waals surface area contributed by atoms with Crippen LogP contribution in [0.25, 0.3) is 0 Å². The van der Waals surface area contributed by atoms with E-state index in [1.54, 1.807) is 14.2 Å². The van der Waals surface area contributed by atoms with Crippen molar-refractivity contribution in [3.63, 3.8) is 0 Å². The molecular formula is C13H18N2O3S. The molecule has 1 heterocycles. The quantitative estimate of drug-likeness (QED) is 0.852. The van der Waals surface area contributed by atoms with Crippen LogP contribution in [0, 0.1) is 0 Å². The van der Waals surface area contributed by atoms with Gasteiger partial charge in [-0.3, -0.25) is 0 Å². The summed E-state index contributed by atoms with van der Waals surface area (Å²) < 4.78 is 15.8. The average Bonchev–Trinajstić information content (AvgIpc) is 2.48. The van der Waals surface area contributed by atoms with Gasteiger partial charge in [-0.25, -0.2) is 0 Å². The first kappa shape index (κ1) is 13.9. The van der Waals surface area contributed by atoms with E-state index in [9.17, 15) is 0 Å². The predicted octanol–water partition coefficient (Wildman–Crippen LogP) is 1.73. The summed E-state index contributed by atoms with van der Waals surface area (Å²) in [6.07, 6.45) is 0. The average molecular weight is 282 g/mol. The third-order valence-electron chi connectivity index (χ3n) is 2.95. The fourth-order valence-electron chi connectivity index (χ4n) is 1.87. The van der Waals surface area contributed by atoms with E-state index in [0.717, 1.165) is 30.3 Å². The Morgan fingerprint density at radius 2 is 2.00 bits per heavy atom. The van der Waals surface area contributed by atoms with Crippen LogP contribution in [0.5, 0.6) is 11.5 Å². The molecule has 0 bridgehead atoms. The molecule has 0 spiro atoms. The highest BCUT2D eigenvalue weighted by molar-refractivity contribution is 7.80. The summed E-state index contributed by atoms with van der Waals surface area (Å²) in [5.74, 6) is 1.49. The van der Waals surface area contributed by atoms with Gasteiger partial charge >= 0.3 is 0 Å². The fourth-order valence-corrected chi connectivity index (χ4v) is 2.16. The van der Waals surface area contributed by atoms with Crippen molar-refractivity contribution in [3.8, 4) is 11.5 Å². The first-order chi connectivity index (χ1) is 9.24. The SMILES string of the molecule is COc1ccc(OC)c(NC(=S)N2CCOCC2)c1. The summed E-state index contributed by atoms with van der Waals surface area (Å²) >= 11 is 5.41. The van der Waals surface area contributed by atoms with E-state index >= 15 is 0 Å². The van der Waals surface area contributed by atoms with Crippen molar-refractivity contribution in [2.75, 3.05) is 45.8 Å². The van der Waals surface area contributed by atoms with Crippen molar-refractivity contribution in [2.24, 2.45) is 0 Å². The lowest BCUT2D eigenvalue weighted by molar-refractivity contribution is 0.0690. The molecule has 6 heteroatoms. The van der Waals surface area contributed by atoms with Crippen molar-refractivity contribution < 1.29 is 14.2 Å². The molecule has 1 aromatic rings. The molecule has 1 fully saturated rings. The third kappa shape index (κ3) is 3.48. The van der Waals surface area contributed by atoms with E-state index in [0.29, 0.717) is 18.3 Å². The Balaban J connectivity index is 2.10. The first-order valence-electron chi connectivity index (χ1n) is 6.10. The molecule has 1 aliphatic rings. The molecule has 1 saturated heterocycles. The van der Waals surface area contributed by atoms with Gasteiger partial charge in [0.2, 0.25) is 0 Å². The van der Waals surface area contributed by atoms with Crippen molar-refractivity contribution in [1.82, 2.24) is 4.90 Å². The van der Waals surface area contributed by atoms with Gasteiger partial charge in [-0.05, 0) is 24.4 Å². The highest BCUT2D eigenvalue weighted by Gasteiger charge is 2.15. The van der Waals surface area contributed by atoms with Crippen LogP contribution in [-0.4, -0.2) is 50.5 Å². The summed E-state index contributed by atoms with van der Waals surface area (Å²) in [7, 11) is 3.26. The van der Waals surface area contributed by atoms with Crippen LogP contribution in [0.3, 0.4) is 0 Å². The largest absolute Gasteiger partial charge is 0.497 e. The number of thiocarbonyl (C=S) groups is 1. The summed E-state index contributed by atoms with van der Waals surface area (Å²) in [6.45, 7) is 3.02. The zero-order valence-corrected chi connectivity index (χ0v) is 12.0. The van der Waals surface area contributed by atoms with Crippen LogP contribution in [0.15, 0.2) is 18.2 Å². The lowest BCUT2D eigenvalue weighted by atomic mass is 10.2. The topological polar surface area (TPSA) is 43.0 Å². The number of nitrogens with one attached hydrogen (secondary N) is 1. The number of ether oxygens (including phenoxy) is 3. The number of hydrogen-bond donors (Lipinski definition) is 1. The van der Waals surface area contributed by atoms with Crippen molar-refractivity contribution in [2.45, 2.75) is 0 Å². The standard InChI is InChI=1S/C13H18N2O3S/c1-16-10-3-4-12(17-2)11(9-10)14-13(19)15-5-7-18-8-6-15/h3-4,9H,5-8H2,1-2H3,(H,14,19). The number of rotatable bonds is 3. The third-order valence-corrected chi connectivity index (χ3v) is 3.31. The van der Waals surface area contributed by atoms with Crippen molar-refractivity contribution >= 4 is 23.0 Å². The maximum absolute atomic E-state index is 5.41. The van der Waals surface area contributed by atoms with Crippen LogP contribution in [0.1, 0.15) is 0 Å². The van der Waals surface area contributed by atoms with Gasteiger partial charge in [-0.15, -0.1) is 0 Å². The lowest BCUT2D eigenvalue weighted by Crippen LogP contribution is -2.42. The van der Waals surface area contributed by atoms with Gasteiger partial charge in [0.1, 0.15) is 11.5 Å². The van der Waals surface area contributed by atoms with Gasteiger partial charge in [0.25, 0.3) is 0 Å². The zero-order chi connectivity index (χ0) is 13.7. The minimum atomic E-state index is 0.676. The Hall–Kier alpha value is -1.53. The Labute approximate surface area is 118 Å².